The monoisotopic (exact) mass is 428 g/mol. The highest BCUT2D eigenvalue weighted by Gasteiger charge is 2.42. The molecule has 1 saturated heterocycles. The summed E-state index contributed by atoms with van der Waals surface area (Å²) in [4.78, 5) is 26.0. The second-order valence-corrected chi connectivity index (χ2v) is 7.26. The molecule has 3 rings (SSSR count). The Balaban J connectivity index is 1.93. The molecule has 2 aromatic rings. The van der Waals surface area contributed by atoms with Gasteiger partial charge in [-0.2, -0.15) is 0 Å². The lowest BCUT2D eigenvalue weighted by Crippen LogP contribution is -2.42. The van der Waals surface area contributed by atoms with E-state index in [1.807, 2.05) is 48.5 Å². The molecule has 31 heavy (non-hydrogen) atoms. The lowest BCUT2D eigenvalue weighted by molar-refractivity contribution is -0.145. The van der Waals surface area contributed by atoms with Crippen molar-refractivity contribution in [2.24, 2.45) is 5.92 Å². The zero-order chi connectivity index (χ0) is 22.4. The van der Waals surface area contributed by atoms with Crippen LogP contribution >= 0.6 is 0 Å². The van der Waals surface area contributed by atoms with Gasteiger partial charge in [0, 0.05) is 19.1 Å². The van der Waals surface area contributed by atoms with Crippen LogP contribution in [0.25, 0.3) is 0 Å². The number of rotatable bonds is 7. The van der Waals surface area contributed by atoms with Crippen LogP contribution in [0.4, 0.5) is 4.79 Å². The van der Waals surface area contributed by atoms with E-state index in [9.17, 15) is 9.59 Å². The van der Waals surface area contributed by atoms with Crippen LogP contribution in [0.2, 0.25) is 0 Å². The Morgan fingerprint density at radius 2 is 1.35 bits per heavy atom. The number of carbonyl (C=O) groups excluding carboxylic acids is 2. The number of carbonyl (C=O) groups is 2. The standard InChI is InChI=1S/C23H28N2O6/c1-28-17-9-5-15(6-10-17)21(16-7-11-18(29-2)12-8-16)24-20-14-25(23(27)31-4)13-19(20)22(26)30-3/h5-12,19-21,24H,13-14H2,1-4H3. The number of hydrogen-bond acceptors (Lipinski definition) is 7. The molecule has 0 aromatic heterocycles. The fourth-order valence-electron chi connectivity index (χ4n) is 3.83. The fourth-order valence-corrected chi connectivity index (χ4v) is 3.83. The smallest absolute Gasteiger partial charge is 0.409 e. The first kappa shape index (κ1) is 22.4. The zero-order valence-corrected chi connectivity index (χ0v) is 18.2. The Morgan fingerprint density at radius 3 is 1.77 bits per heavy atom. The summed E-state index contributed by atoms with van der Waals surface area (Å²) in [5.41, 5.74) is 1.98. The molecule has 1 aliphatic rings. The Hall–Kier alpha value is -3.26. The Kier molecular flexibility index (Phi) is 7.36. The minimum absolute atomic E-state index is 0.230. The maximum absolute atomic E-state index is 12.4. The van der Waals surface area contributed by atoms with E-state index in [0.29, 0.717) is 6.54 Å². The highest BCUT2D eigenvalue weighted by molar-refractivity contribution is 5.76. The van der Waals surface area contributed by atoms with Crippen LogP contribution in [-0.4, -0.2) is 64.5 Å². The summed E-state index contributed by atoms with van der Waals surface area (Å²) in [6, 6.07) is 14.9. The van der Waals surface area contributed by atoms with E-state index in [1.54, 1.807) is 14.2 Å². The molecule has 1 amide bonds. The summed E-state index contributed by atoms with van der Waals surface area (Å²) in [6.07, 6.45) is -0.469. The molecule has 2 aromatic carbocycles. The molecule has 1 heterocycles. The van der Waals surface area contributed by atoms with Gasteiger partial charge in [-0.1, -0.05) is 24.3 Å². The van der Waals surface area contributed by atoms with Gasteiger partial charge in [0.05, 0.1) is 40.4 Å². The van der Waals surface area contributed by atoms with Gasteiger partial charge in [-0.25, -0.2) is 4.79 Å². The summed E-state index contributed by atoms with van der Waals surface area (Å²) in [7, 11) is 5.92. The summed E-state index contributed by atoms with van der Waals surface area (Å²) in [5, 5.41) is 3.57. The highest BCUT2D eigenvalue weighted by Crippen LogP contribution is 2.29. The van der Waals surface area contributed by atoms with Crippen molar-refractivity contribution in [2.75, 3.05) is 41.5 Å². The molecule has 0 aliphatic carbocycles. The third-order valence-corrected chi connectivity index (χ3v) is 5.54. The van der Waals surface area contributed by atoms with Crippen molar-refractivity contribution in [1.29, 1.82) is 0 Å². The molecular formula is C23H28N2O6. The van der Waals surface area contributed by atoms with Gasteiger partial charge in [-0.3, -0.25) is 4.79 Å². The molecule has 1 fully saturated rings. The van der Waals surface area contributed by atoms with Gasteiger partial charge in [-0.15, -0.1) is 0 Å². The van der Waals surface area contributed by atoms with Gasteiger partial charge in [-0.05, 0) is 35.4 Å². The third-order valence-electron chi connectivity index (χ3n) is 5.54. The number of nitrogens with one attached hydrogen (secondary N) is 1. The molecule has 0 bridgehead atoms. The number of esters is 1. The first-order valence-corrected chi connectivity index (χ1v) is 9.95. The van der Waals surface area contributed by atoms with E-state index in [0.717, 1.165) is 22.6 Å². The lowest BCUT2D eigenvalue weighted by Gasteiger charge is -2.26. The lowest BCUT2D eigenvalue weighted by atomic mass is 9.95. The number of ether oxygens (including phenoxy) is 4. The van der Waals surface area contributed by atoms with Gasteiger partial charge < -0.3 is 29.2 Å². The molecular weight excluding hydrogens is 400 g/mol. The summed E-state index contributed by atoms with van der Waals surface area (Å²) < 4.78 is 20.4. The van der Waals surface area contributed by atoms with Gasteiger partial charge in [0.15, 0.2) is 0 Å². The van der Waals surface area contributed by atoms with Crippen molar-refractivity contribution in [1.82, 2.24) is 10.2 Å². The largest absolute Gasteiger partial charge is 0.497 e. The number of likely N-dealkylation sites (tertiary alicyclic amines) is 1. The molecule has 2 atom stereocenters. The average molecular weight is 428 g/mol. The van der Waals surface area contributed by atoms with Crippen LogP contribution in [0.5, 0.6) is 11.5 Å². The quantitative estimate of drug-likeness (QED) is 0.679. The van der Waals surface area contributed by atoms with Gasteiger partial charge in [0.1, 0.15) is 11.5 Å². The first-order valence-electron chi connectivity index (χ1n) is 9.95. The van der Waals surface area contributed by atoms with Gasteiger partial charge >= 0.3 is 12.1 Å². The van der Waals surface area contributed by atoms with E-state index in [2.05, 4.69) is 5.32 Å². The number of nitrogens with zero attached hydrogens (tertiary/aromatic N) is 1. The first-order chi connectivity index (χ1) is 15.0. The molecule has 0 radical (unpaired) electrons. The maximum Gasteiger partial charge on any atom is 0.409 e. The van der Waals surface area contributed by atoms with Crippen molar-refractivity contribution < 1.29 is 28.5 Å². The van der Waals surface area contributed by atoms with Gasteiger partial charge in [0.2, 0.25) is 0 Å². The third kappa shape index (κ3) is 5.08. The maximum atomic E-state index is 12.4. The normalized spacial score (nSPS) is 18.0. The van der Waals surface area contributed by atoms with Crippen molar-refractivity contribution in [3.8, 4) is 11.5 Å². The second-order valence-electron chi connectivity index (χ2n) is 7.26. The van der Waals surface area contributed by atoms with E-state index >= 15 is 0 Å². The predicted molar refractivity (Wildman–Crippen MR) is 114 cm³/mol. The number of methoxy groups -OCH3 is 4. The van der Waals surface area contributed by atoms with Crippen LogP contribution in [0, 0.1) is 5.92 Å². The number of hydrogen-bond donors (Lipinski definition) is 1. The summed E-state index contributed by atoms with van der Waals surface area (Å²) in [6.45, 7) is 0.560. The molecule has 8 nitrogen and oxygen atoms in total. The van der Waals surface area contributed by atoms with Crippen LogP contribution in [0.1, 0.15) is 17.2 Å². The molecule has 2 unspecified atom stereocenters. The molecule has 0 spiro atoms. The van der Waals surface area contributed by atoms with E-state index in [4.69, 9.17) is 18.9 Å². The van der Waals surface area contributed by atoms with Crippen molar-refractivity contribution >= 4 is 12.1 Å². The molecule has 8 heteroatoms. The Bertz CT molecular complexity index is 836. The number of amides is 1. The van der Waals surface area contributed by atoms with Crippen molar-refractivity contribution in [2.45, 2.75) is 12.1 Å². The van der Waals surface area contributed by atoms with E-state index in [-0.39, 0.29) is 24.6 Å². The molecule has 1 aliphatic heterocycles. The van der Waals surface area contributed by atoms with Crippen molar-refractivity contribution in [3.63, 3.8) is 0 Å². The minimum atomic E-state index is -0.511. The van der Waals surface area contributed by atoms with E-state index < -0.39 is 12.0 Å². The summed E-state index contributed by atoms with van der Waals surface area (Å²) in [5.74, 6) is 0.625. The zero-order valence-electron chi connectivity index (χ0n) is 18.2. The second kappa shape index (κ2) is 10.2. The molecule has 166 valence electrons. The predicted octanol–water partition coefficient (Wildman–Crippen LogP) is 2.62. The van der Waals surface area contributed by atoms with Crippen LogP contribution in [-0.2, 0) is 14.3 Å². The van der Waals surface area contributed by atoms with Crippen molar-refractivity contribution in [3.05, 3.63) is 59.7 Å². The SMILES string of the molecule is COC(=O)C1CN(C(=O)OC)CC1NC(c1ccc(OC)cc1)c1ccc(OC)cc1. The van der Waals surface area contributed by atoms with Gasteiger partial charge in [0.25, 0.3) is 0 Å². The molecule has 1 N–H and O–H groups in total. The fraction of sp³-hybridized carbons (Fsp3) is 0.391. The average Bonchev–Trinajstić information content (AvgIpc) is 3.25. The van der Waals surface area contributed by atoms with E-state index in [1.165, 1.54) is 19.1 Å². The Morgan fingerprint density at radius 1 is 0.839 bits per heavy atom. The van der Waals surface area contributed by atoms with Crippen LogP contribution < -0.4 is 14.8 Å². The molecule has 0 saturated carbocycles. The van der Waals surface area contributed by atoms with Crippen LogP contribution in [0.15, 0.2) is 48.5 Å². The Labute approximate surface area is 182 Å². The highest BCUT2D eigenvalue weighted by atomic mass is 16.5. The van der Waals surface area contributed by atoms with Crippen LogP contribution in [0.3, 0.4) is 0 Å². The number of benzene rings is 2. The topological polar surface area (TPSA) is 86.3 Å². The minimum Gasteiger partial charge on any atom is -0.497 e. The summed E-state index contributed by atoms with van der Waals surface area (Å²) >= 11 is 0.